The van der Waals surface area contributed by atoms with Crippen LogP contribution in [0, 0.1) is 17.8 Å². The summed E-state index contributed by atoms with van der Waals surface area (Å²) in [6, 6.07) is 7.16. The van der Waals surface area contributed by atoms with Gasteiger partial charge in [0.15, 0.2) is 41.2 Å². The monoisotopic (exact) mass is 1850 g/mol. The van der Waals surface area contributed by atoms with Crippen LogP contribution in [0.3, 0.4) is 0 Å². The van der Waals surface area contributed by atoms with Crippen molar-refractivity contribution in [1.82, 2.24) is 31.9 Å². The third kappa shape index (κ3) is 24.9. The SMILES string of the molecule is CCCCCCCCCCNC1(C)C[C@H](O[C@H]2C(Oc3c4cc5cc3Oc3ccc(cc3Cl)[C@@H](O)[C@@H](NC(=O)[C@H](CC)CC(C)C)C(=O)C[C@@H](CC(N)=O)C(=O)N[C@H]5C(=O)C[C@@H]3C(=O)N[C@H](C(=O)N[C@H](OC=O)c5cc(O)c(CNCCCCC(=O)[C@H](O)[C@@H](O)[C@H](O)[C@H](O)CO)c(O)c5-c5cc3ccc5O)[C@H](O)c3ccc(c(Cl)c3)O4)O[C@H](CO)C(O)C2O)OC(C)[C@H]1O. The normalized spacial score (nSPS) is 26.7. The third-order valence-corrected chi connectivity index (χ3v) is 24.8. The molecule has 5 aromatic carbocycles. The Kier molecular flexibility index (Phi) is 36.4. The summed E-state index contributed by atoms with van der Waals surface area (Å²) >= 11 is 14.5. The molecule has 39 heteroatoms. The second-order valence-corrected chi connectivity index (χ2v) is 35.1. The number of unbranched alkanes of at least 4 members (excludes halogenated alkanes) is 8. The van der Waals surface area contributed by atoms with E-state index in [-0.39, 0.29) is 89.8 Å². The Morgan fingerprint density at radius 1 is 0.698 bits per heavy atom. The fourth-order valence-corrected chi connectivity index (χ4v) is 17.3. The van der Waals surface area contributed by atoms with Crippen LogP contribution in [0.25, 0.3) is 11.1 Å². The number of carbonyl (C=O) groups excluding carboxylic acids is 9. The molecule has 7 heterocycles. The number of aliphatic hydroxyl groups excluding tert-OH is 11. The molecule has 0 saturated carbocycles. The van der Waals surface area contributed by atoms with E-state index < -0.39 is 281 Å². The number of aromatic hydroxyl groups is 3. The Balaban J connectivity index is 1.15. The first-order valence-corrected chi connectivity index (χ1v) is 44.2. The van der Waals surface area contributed by atoms with Gasteiger partial charge in [-0.3, -0.25) is 43.2 Å². The van der Waals surface area contributed by atoms with Crippen molar-refractivity contribution in [2.75, 3.05) is 26.3 Å². The molecule has 2 fully saturated rings. The molecular formula is C90H119Cl2N7O30. The summed E-state index contributed by atoms with van der Waals surface area (Å²) in [7, 11) is 0. The maximum atomic E-state index is 16.6. The van der Waals surface area contributed by atoms with Crippen LogP contribution in [0.5, 0.6) is 46.0 Å². The lowest BCUT2D eigenvalue weighted by atomic mass is 9.84. The number of ketones is 3. The average molecular weight is 1850 g/mol. The van der Waals surface area contributed by atoms with Crippen molar-refractivity contribution >= 4 is 76.6 Å². The van der Waals surface area contributed by atoms with E-state index in [0.29, 0.717) is 13.0 Å². The number of Topliss-reactive ketones (excluding diaryl/α,β-unsaturated/α-hetero) is 3. The van der Waals surface area contributed by atoms with Crippen LogP contribution < -0.4 is 51.8 Å². The highest BCUT2D eigenvalue weighted by Crippen LogP contribution is 2.51. The van der Waals surface area contributed by atoms with Gasteiger partial charge in [-0.1, -0.05) is 114 Å². The molecule has 7 aliphatic heterocycles. The highest BCUT2D eigenvalue weighted by atomic mass is 35.5. The van der Waals surface area contributed by atoms with Gasteiger partial charge in [-0.2, -0.15) is 0 Å². The summed E-state index contributed by atoms with van der Waals surface area (Å²) in [4.78, 5) is 132. The van der Waals surface area contributed by atoms with Crippen molar-refractivity contribution in [2.45, 2.75) is 279 Å². The van der Waals surface area contributed by atoms with E-state index >= 15 is 24.0 Å². The first-order valence-electron chi connectivity index (χ1n) is 43.5. The molecule has 11 bridgehead atoms. The van der Waals surface area contributed by atoms with Gasteiger partial charge in [-0.25, -0.2) is 0 Å². The number of nitrogens with two attached hydrogens (primary N) is 1. The fourth-order valence-electron chi connectivity index (χ4n) is 16.8. The number of ether oxygens (including phenoxy) is 7. The van der Waals surface area contributed by atoms with Crippen molar-refractivity contribution in [3.05, 3.63) is 116 Å². The van der Waals surface area contributed by atoms with Gasteiger partial charge >= 0.3 is 0 Å². The summed E-state index contributed by atoms with van der Waals surface area (Å²) in [6.45, 7) is 8.94. The summed E-state index contributed by atoms with van der Waals surface area (Å²) < 4.78 is 45.2. The van der Waals surface area contributed by atoms with Gasteiger partial charge in [0.2, 0.25) is 47.8 Å². The summed E-state index contributed by atoms with van der Waals surface area (Å²) in [6.07, 6.45) is -22.1. The number of carbonyl (C=O) groups is 9. The first kappa shape index (κ1) is 102. The van der Waals surface area contributed by atoms with Crippen LogP contribution >= 0.6 is 23.2 Å². The van der Waals surface area contributed by atoms with E-state index in [9.17, 15) is 90.7 Å². The minimum Gasteiger partial charge on any atom is -0.507 e. The number of benzene rings is 5. The molecule has 22 N–H and O–H groups in total. The second kappa shape index (κ2) is 46.2. The molecule has 2 saturated heterocycles. The van der Waals surface area contributed by atoms with Crippen LogP contribution in [0.2, 0.25) is 10.0 Å². The third-order valence-electron chi connectivity index (χ3n) is 24.2. The number of nitrogens with one attached hydrogen (secondary N) is 6. The van der Waals surface area contributed by atoms with Gasteiger partial charge < -0.3 is 142 Å². The van der Waals surface area contributed by atoms with E-state index in [2.05, 4.69) is 38.8 Å². The Hall–Kier alpha value is -9.33. The molecule has 0 aromatic heterocycles. The Morgan fingerprint density at radius 3 is 1.95 bits per heavy atom. The van der Waals surface area contributed by atoms with Gasteiger partial charge in [0.05, 0.1) is 52.9 Å². The van der Waals surface area contributed by atoms with Gasteiger partial charge in [0.25, 0.3) is 6.47 Å². The molecule has 0 radical (unpaired) electrons. The zero-order valence-electron chi connectivity index (χ0n) is 72.4. The van der Waals surface area contributed by atoms with Gasteiger partial charge in [0.1, 0.15) is 102 Å². The van der Waals surface area contributed by atoms with Crippen LogP contribution in [-0.2, 0) is 68.6 Å². The predicted octanol–water partition coefficient (Wildman–Crippen LogP) is 4.60. The van der Waals surface area contributed by atoms with Crippen molar-refractivity contribution in [3.63, 3.8) is 0 Å². The van der Waals surface area contributed by atoms with Crippen molar-refractivity contribution in [2.24, 2.45) is 23.5 Å². The minimum atomic E-state index is -2.26. The smallest absolute Gasteiger partial charge is 0.295 e. The molecule has 0 aliphatic carbocycles. The van der Waals surface area contributed by atoms with E-state index in [4.69, 9.17) is 62.1 Å². The highest BCUT2D eigenvalue weighted by Gasteiger charge is 2.53. The lowest BCUT2D eigenvalue weighted by Gasteiger charge is -2.48. The molecule has 0 spiro atoms. The number of aliphatic hydroxyl groups is 11. The summed E-state index contributed by atoms with van der Waals surface area (Å²) in [5.74, 6) is -18.5. The molecule has 5 amide bonds. The first-order chi connectivity index (χ1) is 61.3. The molecule has 5 unspecified atom stereocenters. The lowest BCUT2D eigenvalue weighted by molar-refractivity contribution is -0.334. The number of fused-ring (bicyclic) bond motifs is 15. The minimum absolute atomic E-state index is 0.00452. The molecule has 37 nitrogen and oxygen atoms in total. The maximum Gasteiger partial charge on any atom is 0.295 e. The number of hydrogen-bond donors (Lipinski definition) is 21. The fraction of sp³-hybridized carbons (Fsp3) is 0.567. The molecule has 708 valence electrons. The second-order valence-electron chi connectivity index (χ2n) is 34.3. The lowest BCUT2D eigenvalue weighted by Crippen LogP contribution is -2.65. The van der Waals surface area contributed by atoms with E-state index in [1.807, 2.05) is 13.8 Å². The number of hydrogen-bond acceptors (Lipinski definition) is 32. The van der Waals surface area contributed by atoms with Crippen LogP contribution in [0.4, 0.5) is 0 Å². The quantitative estimate of drug-likeness (QED) is 0.0192. The number of primary amides is 1. The van der Waals surface area contributed by atoms with Crippen molar-refractivity contribution in [3.8, 4) is 57.1 Å². The van der Waals surface area contributed by atoms with E-state index in [0.717, 1.165) is 99.9 Å². The average Bonchev–Trinajstić information content (AvgIpc) is 0.758. The van der Waals surface area contributed by atoms with E-state index in [1.54, 1.807) is 20.8 Å². The number of phenols is 3. The van der Waals surface area contributed by atoms with Gasteiger partial charge in [0, 0.05) is 66.8 Å². The number of rotatable bonds is 36. The molecule has 12 rings (SSSR count). The van der Waals surface area contributed by atoms with Gasteiger partial charge in [-0.15, -0.1) is 0 Å². The zero-order valence-corrected chi connectivity index (χ0v) is 73.9. The largest absolute Gasteiger partial charge is 0.507 e. The Bertz CT molecular complexity index is 4780. The van der Waals surface area contributed by atoms with Crippen molar-refractivity contribution < 1.29 is 148 Å². The van der Waals surface area contributed by atoms with Crippen molar-refractivity contribution in [1.29, 1.82) is 0 Å². The van der Waals surface area contributed by atoms with Crippen LogP contribution in [-0.4, -0.2) is 242 Å². The predicted molar refractivity (Wildman–Crippen MR) is 461 cm³/mol. The standard InChI is InChI=1S/C90H119Cl2N7O30/c1-7-9-10-11-12-13-14-16-26-95-90(6)37-68(124-43(5)83(90)118)128-82-80(117)78(115)66(40-101)127-89(82)129-81-64-32-48-33-65(81)126-63-24-21-47(30-55(63)92)74(111)72-87(122)99-88(123-41-102)52-36-58(105)53(38-94-25-17-15-18-57(104)76(113)79(116)77(114)61(108)39-100)75(112)69(52)51-28-45(19-22-56(51)103)50(86(121)98-72)35-60(107)70(48)96-85(120)49(34-67(93)109)31-59(106)71(97-84(119)44(8-2)27-42(3)4)73(110)46-20-23-62(125-64)54(91)29-46/h19-24,28-30,32-33,36,41-44,49-50,61,66,68,70-74,76-80,82-83,88-89,94-95,100-101,103,105,108,110-118H,7-18,25-27,31,34-35,37-40H2,1-6H3,(H2,93,109)(H,96,120)(H,97,119)(H,98,121)(H,99,122)/t43?,44-,49+,50+,61-,66-,68+,70-,71+,72+,73-,74-,76+,77-,78?,79-,80?,82-,83-,88-,89?,90?/m1/s1. The number of amides is 5. The highest BCUT2D eigenvalue weighted by molar-refractivity contribution is 6.32. The Morgan fingerprint density at radius 2 is 1.33 bits per heavy atom. The molecule has 22 atom stereocenters. The zero-order chi connectivity index (χ0) is 94.2. The number of halogens is 2. The molecular weight excluding hydrogens is 1730 g/mol. The number of phenolic OH excluding ortho intramolecular Hbond substituents is 3. The molecule has 5 aromatic rings. The maximum absolute atomic E-state index is 16.6. The summed E-state index contributed by atoms with van der Waals surface area (Å²) in [5, 5.41) is 174. The van der Waals surface area contributed by atoms with Crippen LogP contribution in [0.15, 0.2) is 72.8 Å². The topological polar surface area (TPSA) is 600 Å². The summed E-state index contributed by atoms with van der Waals surface area (Å²) in [5.41, 5.74) is 1.98. The van der Waals surface area contributed by atoms with E-state index in [1.165, 1.54) is 24.3 Å². The van der Waals surface area contributed by atoms with Crippen LogP contribution in [0.1, 0.15) is 214 Å². The molecule has 129 heavy (non-hydrogen) atoms. The van der Waals surface area contributed by atoms with Gasteiger partial charge in [-0.05, 0) is 142 Å². The Labute approximate surface area is 754 Å². The molecule has 7 aliphatic rings.